The summed E-state index contributed by atoms with van der Waals surface area (Å²) in [7, 11) is 0. The Morgan fingerprint density at radius 1 is 0.829 bits per heavy atom. The number of aryl methyl sites for hydroxylation is 3. The summed E-state index contributed by atoms with van der Waals surface area (Å²) in [6.45, 7) is 21.9. The lowest BCUT2D eigenvalue weighted by molar-refractivity contribution is -0.144. The Morgan fingerprint density at radius 3 is 2.15 bits per heavy atom. The van der Waals surface area contributed by atoms with Crippen molar-refractivity contribution < 1.29 is 33.8 Å². The molecule has 18 heteroatoms. The quantitative estimate of drug-likeness (QED) is 0.0418. The molecule has 0 saturated carbocycles. The Labute approximate surface area is 487 Å². The van der Waals surface area contributed by atoms with Crippen molar-refractivity contribution in [2.45, 2.75) is 157 Å². The fraction of sp³-hybridized carbons (Fsp3) is 0.516. The molecule has 17 nitrogen and oxygen atoms in total. The number of aromatic amines is 1. The fourth-order valence-electron chi connectivity index (χ4n) is 11.7. The molecule has 0 radical (unpaired) electrons. The number of hydrogen-bond donors (Lipinski definition) is 5. The van der Waals surface area contributed by atoms with E-state index < -0.39 is 29.5 Å². The van der Waals surface area contributed by atoms with Crippen molar-refractivity contribution in [2.75, 3.05) is 57.4 Å². The first-order chi connectivity index (χ1) is 39.3. The minimum atomic E-state index is -0.907. The number of carbonyl (C=O) groups is 5. The summed E-state index contributed by atoms with van der Waals surface area (Å²) in [5, 5.41) is 19.7. The van der Waals surface area contributed by atoms with Gasteiger partial charge in [0.15, 0.2) is 0 Å². The summed E-state index contributed by atoms with van der Waals surface area (Å²) in [5.74, 6) is -1.14. The first-order valence-corrected chi connectivity index (χ1v) is 30.3. The van der Waals surface area contributed by atoms with Crippen LogP contribution in [0.25, 0.3) is 21.6 Å². The van der Waals surface area contributed by atoms with Gasteiger partial charge in [-0.3, -0.25) is 33.7 Å². The van der Waals surface area contributed by atoms with E-state index in [0.717, 1.165) is 114 Å². The van der Waals surface area contributed by atoms with Gasteiger partial charge in [-0.2, -0.15) is 0 Å². The number of benzene rings is 3. The number of hydrogen-bond acceptors (Lipinski definition) is 12. The first-order valence-electron chi connectivity index (χ1n) is 29.4. The number of likely N-dealkylation sites (tertiary alicyclic amines) is 2. The van der Waals surface area contributed by atoms with Crippen LogP contribution in [-0.2, 0) is 43.5 Å². The Kier molecular flexibility index (Phi) is 21.0. The first kappa shape index (κ1) is 61.3. The van der Waals surface area contributed by atoms with E-state index in [1.165, 1.54) is 10.5 Å². The zero-order chi connectivity index (χ0) is 58.7. The van der Waals surface area contributed by atoms with Gasteiger partial charge < -0.3 is 45.5 Å². The maximum atomic E-state index is 14.2. The number of pyridine rings is 1. The van der Waals surface area contributed by atoms with E-state index in [1.54, 1.807) is 11.3 Å². The van der Waals surface area contributed by atoms with Crippen LogP contribution in [0.3, 0.4) is 0 Å². The number of aliphatic hydroxyl groups excluding tert-OH is 1. The second kappa shape index (κ2) is 28.0. The number of aromatic nitrogens is 2. The van der Waals surface area contributed by atoms with Gasteiger partial charge in [-0.1, -0.05) is 82.1 Å². The van der Waals surface area contributed by atoms with Crippen LogP contribution in [0.15, 0.2) is 77.0 Å². The molecule has 0 bridgehead atoms. The van der Waals surface area contributed by atoms with Crippen LogP contribution in [0.5, 0.6) is 0 Å². The van der Waals surface area contributed by atoms with Gasteiger partial charge in [-0.15, -0.1) is 11.3 Å². The van der Waals surface area contributed by atoms with Crippen molar-refractivity contribution in [2.24, 2.45) is 5.41 Å². The Bertz CT molecular complexity index is 3080. The van der Waals surface area contributed by atoms with Gasteiger partial charge in [0, 0.05) is 107 Å². The smallest absolute Gasteiger partial charge is 0.253 e. The number of rotatable bonds is 22. The third kappa shape index (κ3) is 15.7. The van der Waals surface area contributed by atoms with E-state index in [9.17, 15) is 33.9 Å². The molecule has 2 aromatic heterocycles. The van der Waals surface area contributed by atoms with E-state index in [-0.39, 0.29) is 67.7 Å². The molecule has 5 heterocycles. The average Bonchev–Trinajstić information content (AvgIpc) is 4.23. The third-order valence-electron chi connectivity index (χ3n) is 16.5. The van der Waals surface area contributed by atoms with Crippen molar-refractivity contribution in [3.05, 3.63) is 127 Å². The molecule has 8 rings (SSSR count). The van der Waals surface area contributed by atoms with Crippen LogP contribution in [0.4, 0.5) is 5.69 Å². The zero-order valence-corrected chi connectivity index (χ0v) is 50.1. The number of β-amino-alcohol motifs (C(OH)–C–C–N with tert-alkyl or cyclic N) is 1. The molecule has 3 fully saturated rings. The van der Waals surface area contributed by atoms with E-state index in [4.69, 9.17) is 4.74 Å². The Morgan fingerprint density at radius 2 is 1.50 bits per heavy atom. The van der Waals surface area contributed by atoms with Crippen molar-refractivity contribution in [3.63, 3.8) is 0 Å². The SMILES string of the molecule is CCN(c1cc(-c2ccc(CN3CCOCC3)cc2)cc(C(=O)NCc2c(C)cc(C)[nH]c2=O)c1C)C1CCN(C(=O)CCCCCCC(=O)N[C@H](C(=O)N2C[C@H](O)C[C@H]2C(=O)NCc2ccc(-c3scnc3C)cc2)C(C)(C)C)CC1. The van der Waals surface area contributed by atoms with Crippen LogP contribution < -0.4 is 26.4 Å². The molecule has 5 amide bonds. The highest BCUT2D eigenvalue weighted by atomic mass is 32.1. The maximum Gasteiger partial charge on any atom is 0.253 e. The van der Waals surface area contributed by atoms with Crippen LogP contribution in [0.2, 0.25) is 0 Å². The minimum Gasteiger partial charge on any atom is -0.391 e. The highest BCUT2D eigenvalue weighted by molar-refractivity contribution is 7.13. The predicted octanol–water partition coefficient (Wildman–Crippen LogP) is 8.13. The van der Waals surface area contributed by atoms with Crippen molar-refractivity contribution in [3.8, 4) is 21.6 Å². The van der Waals surface area contributed by atoms with Gasteiger partial charge in [0.1, 0.15) is 12.1 Å². The molecular weight excluding hydrogens is 1050 g/mol. The maximum absolute atomic E-state index is 14.2. The topological polar surface area (TPSA) is 210 Å². The molecule has 3 atom stereocenters. The van der Waals surface area contributed by atoms with E-state index in [2.05, 4.69) is 73.0 Å². The van der Waals surface area contributed by atoms with Crippen LogP contribution in [-0.4, -0.2) is 136 Å². The molecule has 3 aromatic carbocycles. The summed E-state index contributed by atoms with van der Waals surface area (Å²) in [5.41, 5.74) is 11.5. The highest BCUT2D eigenvalue weighted by Crippen LogP contribution is 2.35. The van der Waals surface area contributed by atoms with Crippen LogP contribution in [0.1, 0.15) is 135 Å². The number of ether oxygens (including phenoxy) is 1. The Hall–Kier alpha value is -6.73. The number of thiazole rings is 1. The number of carbonyl (C=O) groups excluding carboxylic acids is 5. The van der Waals surface area contributed by atoms with Crippen molar-refractivity contribution in [1.29, 1.82) is 0 Å². The molecule has 0 spiro atoms. The van der Waals surface area contributed by atoms with Gasteiger partial charge in [0.05, 0.1) is 35.4 Å². The number of piperidine rings is 1. The third-order valence-corrected chi connectivity index (χ3v) is 17.5. The van der Waals surface area contributed by atoms with Crippen molar-refractivity contribution in [1.82, 2.24) is 40.6 Å². The van der Waals surface area contributed by atoms with Gasteiger partial charge in [0.2, 0.25) is 23.6 Å². The molecule has 3 saturated heterocycles. The normalized spacial score (nSPS) is 17.4. The average molecular weight is 1140 g/mol. The van der Waals surface area contributed by atoms with E-state index in [0.29, 0.717) is 50.0 Å². The standard InChI is InChI=1S/C64H85N9O8S/c1-9-72(54-34-49(47-20-18-46(19-21-47)38-70-28-30-81-31-29-70)33-52(43(54)4)60(77)66-37-53-41(2)32-42(3)68-61(53)78)50-24-26-71(27-25-50)57(76)15-13-11-10-12-14-56(75)69-59(64(6,7)8)63(80)73-39-51(74)35-55(73)62(79)65-36-45-16-22-48(23-17-45)58-44(5)67-40-82-58/h16-23,32-34,40,50-51,55,59,74H,9-15,24-31,35-39H2,1-8H3,(H,65,79)(H,66,77)(H,68,78)(H,69,75)/t51-,55+,59-/m1/s1. The minimum absolute atomic E-state index is 0.00120. The van der Waals surface area contributed by atoms with Crippen molar-refractivity contribution >= 4 is 46.6 Å². The summed E-state index contributed by atoms with van der Waals surface area (Å²) >= 11 is 1.58. The molecule has 3 aliphatic heterocycles. The molecule has 0 aliphatic carbocycles. The largest absolute Gasteiger partial charge is 0.391 e. The van der Waals surface area contributed by atoms with Gasteiger partial charge >= 0.3 is 0 Å². The molecule has 440 valence electrons. The molecule has 0 unspecified atom stereocenters. The zero-order valence-electron chi connectivity index (χ0n) is 49.3. The molecule has 5 aromatic rings. The summed E-state index contributed by atoms with van der Waals surface area (Å²) in [6, 6.07) is 20.9. The number of nitrogens with zero attached hydrogens (tertiary/aromatic N) is 5. The number of unbranched alkanes of at least 4 members (excludes halogenated alkanes) is 3. The fourth-order valence-corrected chi connectivity index (χ4v) is 12.5. The molecule has 82 heavy (non-hydrogen) atoms. The molecular formula is C64H85N9O8S. The second-order valence-electron chi connectivity index (χ2n) is 23.6. The Balaban J connectivity index is 0.810. The predicted molar refractivity (Wildman–Crippen MR) is 322 cm³/mol. The number of nitrogens with one attached hydrogen (secondary N) is 4. The lowest BCUT2D eigenvalue weighted by atomic mass is 9.85. The van der Waals surface area contributed by atoms with Crippen LogP contribution in [0, 0.1) is 33.1 Å². The second-order valence-corrected chi connectivity index (χ2v) is 24.5. The number of aliphatic hydroxyl groups is 1. The summed E-state index contributed by atoms with van der Waals surface area (Å²) in [4.78, 5) is 98.3. The van der Waals surface area contributed by atoms with Gasteiger partial charge in [-0.05, 0) is 123 Å². The lowest BCUT2D eigenvalue weighted by Gasteiger charge is -2.40. The van der Waals surface area contributed by atoms with E-state index >= 15 is 0 Å². The van der Waals surface area contributed by atoms with Gasteiger partial charge in [0.25, 0.3) is 11.5 Å². The van der Waals surface area contributed by atoms with Crippen LogP contribution >= 0.6 is 11.3 Å². The summed E-state index contributed by atoms with van der Waals surface area (Å²) in [6.07, 6.45) is 4.26. The monoisotopic (exact) mass is 1140 g/mol. The molecule has 3 aliphatic rings. The number of anilines is 1. The number of amides is 5. The summed E-state index contributed by atoms with van der Waals surface area (Å²) < 4.78 is 5.55. The highest BCUT2D eigenvalue weighted by Gasteiger charge is 2.44. The van der Waals surface area contributed by atoms with E-state index in [1.807, 2.05) is 95.3 Å². The van der Waals surface area contributed by atoms with Gasteiger partial charge in [-0.25, -0.2) is 4.98 Å². The molecule has 5 N–H and O–H groups in total. The number of H-pyrrole nitrogens is 1. The lowest BCUT2D eigenvalue weighted by Crippen LogP contribution is -2.57. The number of morpholine rings is 1.